The fraction of sp³-hybridized carbons (Fsp3) is 0.480. The van der Waals surface area contributed by atoms with E-state index < -0.39 is 0 Å². The molecule has 182 valence electrons. The maximum Gasteiger partial charge on any atom is 0.252 e. The standard InChI is InChI=1S/C25H35N7O2/c1-5-8-20(17-26-4)28-25-27-16-19-10-11-23(34)32(24(19)29-25)15-14-30-12-13-31(22(33)7-3)18-21(30)9-6-2/h7-8,10-11,16-17,21H,3,5-6,9,12-15,18H2,1-2,4H3,(H,27,28,29)/b20-8+,26-17?. The number of nitrogens with zero attached hydrogens (tertiary/aromatic N) is 6. The average Bonchev–Trinajstić information content (AvgIpc) is 2.84. The van der Waals surface area contributed by atoms with Crippen LogP contribution in [0.15, 0.2) is 52.5 Å². The van der Waals surface area contributed by atoms with Crippen LogP contribution in [0, 0.1) is 0 Å². The predicted octanol–water partition coefficient (Wildman–Crippen LogP) is 2.70. The Morgan fingerprint density at radius 3 is 2.82 bits per heavy atom. The van der Waals surface area contributed by atoms with Crippen molar-refractivity contribution in [3.8, 4) is 0 Å². The molecule has 0 radical (unpaired) electrons. The lowest BCUT2D eigenvalue weighted by molar-refractivity contribution is -0.129. The number of carbonyl (C=O) groups is 1. The summed E-state index contributed by atoms with van der Waals surface area (Å²) in [6, 6.07) is 3.58. The SMILES string of the molecule is C=CC(=O)N1CCN(CCn2c(=O)ccc3cnc(N/C(C=NC)=C/CC)nc32)C(CCC)C1. The summed E-state index contributed by atoms with van der Waals surface area (Å²) in [5, 5.41) is 4.00. The van der Waals surface area contributed by atoms with Gasteiger partial charge < -0.3 is 10.2 Å². The van der Waals surface area contributed by atoms with Crippen LogP contribution in [0.1, 0.15) is 33.1 Å². The molecule has 3 heterocycles. The number of amides is 1. The molecule has 0 aromatic carbocycles. The highest BCUT2D eigenvalue weighted by Gasteiger charge is 2.28. The molecule has 9 nitrogen and oxygen atoms in total. The number of aromatic nitrogens is 3. The molecule has 1 saturated heterocycles. The normalized spacial score (nSPS) is 17.4. The lowest BCUT2D eigenvalue weighted by atomic mass is 10.1. The van der Waals surface area contributed by atoms with Crippen molar-refractivity contribution in [2.75, 3.05) is 38.5 Å². The molecule has 1 fully saturated rings. The maximum atomic E-state index is 12.8. The van der Waals surface area contributed by atoms with Crippen molar-refractivity contribution in [1.82, 2.24) is 24.3 Å². The molecule has 0 saturated carbocycles. The average molecular weight is 466 g/mol. The van der Waals surface area contributed by atoms with Crippen molar-refractivity contribution >= 4 is 29.1 Å². The molecule has 0 bridgehead atoms. The molecule has 3 rings (SSSR count). The van der Waals surface area contributed by atoms with Gasteiger partial charge in [0.1, 0.15) is 5.65 Å². The van der Waals surface area contributed by atoms with Crippen molar-refractivity contribution in [2.45, 2.75) is 45.7 Å². The number of hydrogen-bond acceptors (Lipinski definition) is 7. The molecular formula is C25H35N7O2. The Balaban J connectivity index is 1.82. The van der Waals surface area contributed by atoms with Crippen LogP contribution in [-0.4, -0.2) is 75.7 Å². The number of allylic oxidation sites excluding steroid dienone is 2. The van der Waals surface area contributed by atoms with Gasteiger partial charge in [0.2, 0.25) is 11.9 Å². The van der Waals surface area contributed by atoms with E-state index in [4.69, 9.17) is 0 Å². The highest BCUT2D eigenvalue weighted by molar-refractivity contribution is 5.87. The summed E-state index contributed by atoms with van der Waals surface area (Å²) in [6.45, 7) is 11.1. The topological polar surface area (TPSA) is 95.7 Å². The molecule has 0 spiro atoms. The van der Waals surface area contributed by atoms with Crippen molar-refractivity contribution in [3.63, 3.8) is 0 Å². The Morgan fingerprint density at radius 1 is 1.29 bits per heavy atom. The lowest BCUT2D eigenvalue weighted by Gasteiger charge is -2.41. The summed E-state index contributed by atoms with van der Waals surface area (Å²) < 4.78 is 1.71. The van der Waals surface area contributed by atoms with Crippen LogP contribution in [0.5, 0.6) is 0 Å². The predicted molar refractivity (Wildman–Crippen MR) is 137 cm³/mol. The molecule has 34 heavy (non-hydrogen) atoms. The first-order chi connectivity index (χ1) is 16.5. The smallest absolute Gasteiger partial charge is 0.252 e. The van der Waals surface area contributed by atoms with Gasteiger partial charge in [0, 0.05) is 69.7 Å². The third kappa shape index (κ3) is 6.17. The molecule has 2 aromatic rings. The quantitative estimate of drug-likeness (QED) is 0.428. The summed E-state index contributed by atoms with van der Waals surface area (Å²) in [5.41, 5.74) is 1.31. The highest BCUT2D eigenvalue weighted by Crippen LogP contribution is 2.17. The summed E-state index contributed by atoms with van der Waals surface area (Å²) in [4.78, 5) is 42.3. The minimum Gasteiger partial charge on any atom is -0.336 e. The Kier molecular flexibility index (Phi) is 9.09. The first-order valence-electron chi connectivity index (χ1n) is 11.9. The zero-order valence-electron chi connectivity index (χ0n) is 20.4. The van der Waals surface area contributed by atoms with Crippen LogP contribution < -0.4 is 10.9 Å². The summed E-state index contributed by atoms with van der Waals surface area (Å²) in [6.07, 6.45) is 9.70. The monoisotopic (exact) mass is 465 g/mol. The molecule has 1 unspecified atom stereocenters. The molecule has 1 amide bonds. The van der Waals surface area contributed by atoms with E-state index in [1.165, 1.54) is 6.08 Å². The van der Waals surface area contributed by atoms with Crippen LogP contribution in [0.25, 0.3) is 11.0 Å². The van der Waals surface area contributed by atoms with E-state index in [1.807, 2.05) is 17.9 Å². The minimum atomic E-state index is -0.0934. The van der Waals surface area contributed by atoms with Gasteiger partial charge >= 0.3 is 0 Å². The van der Waals surface area contributed by atoms with Crippen molar-refractivity contribution in [2.24, 2.45) is 4.99 Å². The number of carbonyl (C=O) groups excluding carboxylic acids is 1. The maximum absolute atomic E-state index is 12.8. The Bertz CT molecular complexity index is 1120. The number of fused-ring (bicyclic) bond motifs is 1. The van der Waals surface area contributed by atoms with Crippen LogP contribution in [0.4, 0.5) is 5.95 Å². The van der Waals surface area contributed by atoms with Gasteiger partial charge in [-0.25, -0.2) is 4.98 Å². The molecule has 1 N–H and O–H groups in total. The first-order valence-corrected chi connectivity index (χ1v) is 11.9. The van der Waals surface area contributed by atoms with Gasteiger partial charge in [0.05, 0.1) is 5.70 Å². The minimum absolute atomic E-state index is 0.0210. The fourth-order valence-corrected chi connectivity index (χ4v) is 4.32. The Labute approximate surface area is 200 Å². The molecule has 1 aliphatic rings. The van der Waals surface area contributed by atoms with E-state index in [9.17, 15) is 9.59 Å². The number of hydrogen-bond donors (Lipinski definition) is 1. The van der Waals surface area contributed by atoms with E-state index in [-0.39, 0.29) is 17.5 Å². The largest absolute Gasteiger partial charge is 0.336 e. The van der Waals surface area contributed by atoms with Gasteiger partial charge in [-0.1, -0.05) is 32.9 Å². The molecule has 9 heteroatoms. The highest BCUT2D eigenvalue weighted by atomic mass is 16.2. The summed E-state index contributed by atoms with van der Waals surface area (Å²) in [5.74, 6) is 0.402. The second kappa shape index (κ2) is 12.2. The summed E-state index contributed by atoms with van der Waals surface area (Å²) >= 11 is 0. The lowest BCUT2D eigenvalue weighted by Crippen LogP contribution is -2.55. The zero-order valence-corrected chi connectivity index (χ0v) is 20.4. The third-order valence-electron chi connectivity index (χ3n) is 6.00. The van der Waals surface area contributed by atoms with E-state index in [0.29, 0.717) is 37.8 Å². The molecule has 0 aliphatic carbocycles. The number of nitrogens with one attached hydrogen (secondary N) is 1. The number of piperazine rings is 1. The van der Waals surface area contributed by atoms with Gasteiger partial charge in [0.25, 0.3) is 5.56 Å². The molecule has 1 atom stereocenters. The number of pyridine rings is 1. The number of rotatable bonds is 10. The molecular weight excluding hydrogens is 430 g/mol. The van der Waals surface area contributed by atoms with Crippen LogP contribution in [0.2, 0.25) is 0 Å². The van der Waals surface area contributed by atoms with Gasteiger partial charge in [-0.15, -0.1) is 0 Å². The van der Waals surface area contributed by atoms with Crippen molar-refractivity contribution < 1.29 is 4.79 Å². The Hall–Kier alpha value is -3.33. The molecule has 2 aromatic heterocycles. The van der Waals surface area contributed by atoms with Crippen LogP contribution in [-0.2, 0) is 11.3 Å². The number of aliphatic imine (C=N–C) groups is 1. The van der Waals surface area contributed by atoms with Gasteiger partial charge in [-0.3, -0.25) is 24.0 Å². The second-order valence-corrected chi connectivity index (χ2v) is 8.34. The van der Waals surface area contributed by atoms with Crippen LogP contribution in [0.3, 0.4) is 0 Å². The second-order valence-electron chi connectivity index (χ2n) is 8.34. The van der Waals surface area contributed by atoms with Crippen molar-refractivity contribution in [1.29, 1.82) is 0 Å². The first kappa shape index (κ1) is 25.3. The van der Waals surface area contributed by atoms with E-state index in [1.54, 1.807) is 36.2 Å². The zero-order chi connectivity index (χ0) is 24.5. The van der Waals surface area contributed by atoms with E-state index >= 15 is 0 Å². The van der Waals surface area contributed by atoms with Gasteiger partial charge in [-0.2, -0.15) is 4.98 Å². The van der Waals surface area contributed by atoms with Crippen molar-refractivity contribution in [3.05, 3.63) is 53.1 Å². The van der Waals surface area contributed by atoms with Gasteiger partial charge in [-0.05, 0) is 25.0 Å². The number of anilines is 1. The Morgan fingerprint density at radius 2 is 2.12 bits per heavy atom. The molecule has 1 aliphatic heterocycles. The van der Waals surface area contributed by atoms with Gasteiger partial charge in [0.15, 0.2) is 0 Å². The summed E-state index contributed by atoms with van der Waals surface area (Å²) in [7, 11) is 1.71. The third-order valence-corrected chi connectivity index (χ3v) is 6.00. The van der Waals surface area contributed by atoms with E-state index in [0.717, 1.165) is 36.9 Å². The fourth-order valence-electron chi connectivity index (χ4n) is 4.32. The van der Waals surface area contributed by atoms with E-state index in [2.05, 4.69) is 38.7 Å². The van der Waals surface area contributed by atoms with Crippen LogP contribution >= 0.6 is 0 Å².